The van der Waals surface area contributed by atoms with Gasteiger partial charge in [0, 0.05) is 6.42 Å². The zero-order valence-electron chi connectivity index (χ0n) is 51.1. The number of carbonyl (C=O) groups is 1. The summed E-state index contributed by atoms with van der Waals surface area (Å²) in [6.07, 6.45) is 87.4. The van der Waals surface area contributed by atoms with Gasteiger partial charge in [0.25, 0.3) is 7.82 Å². The fraction of sp³-hybridized carbons (Fsp3) is 0.696. The van der Waals surface area contributed by atoms with Crippen LogP contribution in [0.15, 0.2) is 122 Å². The number of amides is 1. The number of likely N-dealkylation sites (N-methyl/N-ethyl adjacent to an activating group) is 1. The summed E-state index contributed by atoms with van der Waals surface area (Å²) < 4.78 is 23.3. The number of aliphatic hydroxyl groups excluding tert-OH is 1. The molecule has 0 rings (SSSR count). The van der Waals surface area contributed by atoms with Crippen LogP contribution < -0.4 is 10.2 Å². The van der Waals surface area contributed by atoms with Crippen molar-refractivity contribution in [1.29, 1.82) is 0 Å². The molecule has 8 nitrogen and oxygen atoms in total. The van der Waals surface area contributed by atoms with Crippen LogP contribution in [0.3, 0.4) is 0 Å². The first-order chi connectivity index (χ1) is 38.0. The minimum Gasteiger partial charge on any atom is -0.756 e. The molecule has 0 radical (unpaired) electrons. The first kappa shape index (κ1) is 74.9. The molecule has 1 amide bonds. The van der Waals surface area contributed by atoms with Crippen molar-refractivity contribution in [3.05, 3.63) is 122 Å². The molecule has 0 aliphatic heterocycles. The molecule has 0 aromatic heterocycles. The summed E-state index contributed by atoms with van der Waals surface area (Å²) in [6, 6.07) is -0.914. The van der Waals surface area contributed by atoms with Gasteiger partial charge in [-0.25, -0.2) is 0 Å². The van der Waals surface area contributed by atoms with Crippen LogP contribution >= 0.6 is 7.82 Å². The SMILES string of the molecule is CC/C=C\C/C=C\C/C=C\C/C=C\C/C=C\C/C=C\C/C=C\CCCCCCCCCCCCCCCCCCCCCC(=O)NC(COP(=O)([O-])OCC[N+](C)(C)C)C(O)/C=C/CC/C=C/CC/C=C/CCCCCCC. The van der Waals surface area contributed by atoms with Crippen LogP contribution in [-0.2, 0) is 18.4 Å². The van der Waals surface area contributed by atoms with Gasteiger partial charge in [-0.15, -0.1) is 0 Å². The van der Waals surface area contributed by atoms with E-state index in [1.807, 2.05) is 27.2 Å². The zero-order valence-corrected chi connectivity index (χ0v) is 52.0. The van der Waals surface area contributed by atoms with Crippen LogP contribution in [0.1, 0.15) is 258 Å². The van der Waals surface area contributed by atoms with Gasteiger partial charge in [0.05, 0.1) is 39.9 Å². The molecule has 0 heterocycles. The number of unbranched alkanes of at least 4 members (excludes halogenated alkanes) is 26. The molecular weight excluding hydrogens is 984 g/mol. The number of rotatable bonds is 57. The molecule has 9 heteroatoms. The number of nitrogens with one attached hydrogen (secondary N) is 1. The van der Waals surface area contributed by atoms with Gasteiger partial charge >= 0.3 is 0 Å². The summed E-state index contributed by atoms with van der Waals surface area (Å²) in [5.74, 6) is -0.213. The normalized spacial score (nSPS) is 14.6. The second-order valence-electron chi connectivity index (χ2n) is 22.4. The predicted molar refractivity (Wildman–Crippen MR) is 339 cm³/mol. The van der Waals surface area contributed by atoms with Crippen molar-refractivity contribution in [1.82, 2.24) is 5.32 Å². The van der Waals surface area contributed by atoms with Crippen LogP contribution in [0.25, 0.3) is 0 Å². The average Bonchev–Trinajstić information content (AvgIpc) is 3.41. The summed E-state index contributed by atoms with van der Waals surface area (Å²) in [7, 11) is 1.23. The standard InChI is InChI=1S/C69H121N2O6P/c1-6-8-10-12-14-16-18-20-22-23-24-25-26-27-28-29-30-31-32-33-34-35-36-37-38-39-40-41-42-43-44-45-46-47-49-51-53-55-57-59-61-63-69(73)70-67(66-77-78(74,75)76-65-64-71(3,4)5)68(72)62-60-58-56-54-52-50-48-21-19-17-15-13-11-9-7-2/h8,10,14,16,19-22,24-25,27-28,30-31,33-34,52,54,60,62,67-68,72H,6-7,9,11-13,15,17-18,23,26,29,32,35-51,53,55-59,61,63-66H2,1-5H3,(H-,70,73,74,75)/b10-8-,16-14-,21-19+,22-20-,25-24-,28-27-,31-30-,34-33-,54-52+,62-60+. The lowest BCUT2D eigenvalue weighted by atomic mass is 10.0. The number of hydrogen-bond acceptors (Lipinski definition) is 6. The highest BCUT2D eigenvalue weighted by molar-refractivity contribution is 7.45. The smallest absolute Gasteiger partial charge is 0.268 e. The Hall–Kier alpha value is -3.10. The van der Waals surface area contributed by atoms with Gasteiger partial charge < -0.3 is 28.8 Å². The molecule has 78 heavy (non-hydrogen) atoms. The fourth-order valence-electron chi connectivity index (χ4n) is 8.70. The zero-order chi connectivity index (χ0) is 57.0. The number of phosphoric ester groups is 1. The largest absolute Gasteiger partial charge is 0.756 e. The summed E-state index contributed by atoms with van der Waals surface area (Å²) in [5.41, 5.74) is 0. The third-order valence-electron chi connectivity index (χ3n) is 13.6. The second-order valence-corrected chi connectivity index (χ2v) is 23.8. The van der Waals surface area contributed by atoms with Crippen LogP contribution in [0, 0.1) is 0 Å². The molecule has 448 valence electrons. The molecule has 0 saturated heterocycles. The van der Waals surface area contributed by atoms with E-state index >= 15 is 0 Å². The van der Waals surface area contributed by atoms with E-state index in [9.17, 15) is 19.4 Å². The number of quaternary nitrogens is 1. The molecule has 2 N–H and O–H groups in total. The topological polar surface area (TPSA) is 108 Å². The minimum absolute atomic E-state index is 0.0123. The summed E-state index contributed by atoms with van der Waals surface area (Å²) >= 11 is 0. The lowest BCUT2D eigenvalue weighted by Crippen LogP contribution is -2.45. The van der Waals surface area contributed by atoms with Gasteiger partial charge in [0.2, 0.25) is 5.91 Å². The van der Waals surface area contributed by atoms with E-state index in [1.54, 1.807) is 6.08 Å². The van der Waals surface area contributed by atoms with Crippen LogP contribution in [0.2, 0.25) is 0 Å². The van der Waals surface area contributed by atoms with E-state index in [4.69, 9.17) is 9.05 Å². The van der Waals surface area contributed by atoms with Gasteiger partial charge in [0.15, 0.2) is 0 Å². The molecule has 0 fully saturated rings. The highest BCUT2D eigenvalue weighted by Gasteiger charge is 2.23. The van der Waals surface area contributed by atoms with Gasteiger partial charge in [-0.3, -0.25) is 9.36 Å². The lowest BCUT2D eigenvalue weighted by Gasteiger charge is -2.29. The summed E-state index contributed by atoms with van der Waals surface area (Å²) in [4.78, 5) is 25.5. The second kappa shape index (κ2) is 58.6. The molecule has 3 atom stereocenters. The Kier molecular flexibility index (Phi) is 56.2. The van der Waals surface area contributed by atoms with Crippen molar-refractivity contribution in [2.75, 3.05) is 40.9 Å². The molecule has 0 aliphatic rings. The first-order valence-electron chi connectivity index (χ1n) is 31.9. The molecule has 0 aliphatic carbocycles. The van der Waals surface area contributed by atoms with E-state index in [2.05, 4.69) is 129 Å². The molecule has 0 aromatic rings. The third kappa shape index (κ3) is 60.5. The number of allylic oxidation sites excluding steroid dienone is 19. The van der Waals surface area contributed by atoms with Crippen molar-refractivity contribution >= 4 is 13.7 Å². The monoisotopic (exact) mass is 1100 g/mol. The van der Waals surface area contributed by atoms with Gasteiger partial charge in [-0.1, -0.05) is 270 Å². The van der Waals surface area contributed by atoms with Crippen LogP contribution in [-0.4, -0.2) is 68.5 Å². The van der Waals surface area contributed by atoms with E-state index in [0.717, 1.165) is 89.9 Å². The molecule has 0 aromatic carbocycles. The quantitative estimate of drug-likeness (QED) is 0.0272. The Balaban J connectivity index is 3.99. The Morgan fingerprint density at radius 3 is 1.19 bits per heavy atom. The van der Waals surface area contributed by atoms with Gasteiger partial charge in [0.1, 0.15) is 13.2 Å². The average molecular weight is 1110 g/mol. The molecule has 3 unspecified atom stereocenters. The highest BCUT2D eigenvalue weighted by Crippen LogP contribution is 2.38. The first-order valence-corrected chi connectivity index (χ1v) is 33.4. The van der Waals surface area contributed by atoms with E-state index in [-0.39, 0.29) is 12.5 Å². The summed E-state index contributed by atoms with van der Waals surface area (Å²) in [6.45, 7) is 4.49. The van der Waals surface area contributed by atoms with E-state index in [1.165, 1.54) is 148 Å². The van der Waals surface area contributed by atoms with Crippen LogP contribution in [0.5, 0.6) is 0 Å². The maximum Gasteiger partial charge on any atom is 0.268 e. The van der Waals surface area contributed by atoms with Crippen LogP contribution in [0.4, 0.5) is 0 Å². The van der Waals surface area contributed by atoms with E-state index in [0.29, 0.717) is 17.4 Å². The van der Waals surface area contributed by atoms with Crippen molar-refractivity contribution in [2.24, 2.45) is 0 Å². The summed E-state index contributed by atoms with van der Waals surface area (Å²) in [5, 5.41) is 13.8. The Morgan fingerprint density at radius 1 is 0.462 bits per heavy atom. The number of carbonyl (C=O) groups excluding carboxylic acids is 1. The Bertz CT molecular complexity index is 1680. The lowest BCUT2D eigenvalue weighted by molar-refractivity contribution is -0.870. The fourth-order valence-corrected chi connectivity index (χ4v) is 9.42. The maximum atomic E-state index is 13.0. The maximum absolute atomic E-state index is 13.0. The highest BCUT2D eigenvalue weighted by atomic mass is 31.2. The van der Waals surface area contributed by atoms with Gasteiger partial charge in [-0.05, 0) is 103 Å². The third-order valence-corrected chi connectivity index (χ3v) is 14.6. The molecule has 0 saturated carbocycles. The number of phosphoric acid groups is 1. The van der Waals surface area contributed by atoms with Crippen molar-refractivity contribution < 1.29 is 32.9 Å². The van der Waals surface area contributed by atoms with Crippen molar-refractivity contribution in [3.63, 3.8) is 0 Å². The van der Waals surface area contributed by atoms with Crippen molar-refractivity contribution in [2.45, 2.75) is 270 Å². The molecule has 0 spiro atoms. The molecule has 0 bridgehead atoms. The Morgan fingerprint density at radius 2 is 0.795 bits per heavy atom. The molecular formula is C69H121N2O6P. The van der Waals surface area contributed by atoms with Gasteiger partial charge in [-0.2, -0.15) is 0 Å². The van der Waals surface area contributed by atoms with E-state index < -0.39 is 26.6 Å². The Labute approximate surface area is 482 Å². The number of aliphatic hydroxyl groups is 1. The number of nitrogens with zero attached hydrogens (tertiary/aromatic N) is 1. The predicted octanol–water partition coefficient (Wildman–Crippen LogP) is 19.5. The number of hydrogen-bond donors (Lipinski definition) is 2. The van der Waals surface area contributed by atoms with Crippen molar-refractivity contribution in [3.8, 4) is 0 Å². The minimum atomic E-state index is -4.61.